The number of hydrogen-bond donors (Lipinski definition) is 2. The minimum atomic E-state index is -0.960. The lowest BCUT2D eigenvalue weighted by Gasteiger charge is -2.17. The van der Waals surface area contributed by atoms with E-state index in [-0.39, 0.29) is 0 Å². The van der Waals surface area contributed by atoms with E-state index in [0.29, 0.717) is 27.7 Å². The second kappa shape index (κ2) is 7.11. The molecular weight excluding hydrogens is 366 g/mol. The molecule has 1 aromatic carbocycles. The maximum atomic E-state index is 11.1. The van der Waals surface area contributed by atoms with Crippen molar-refractivity contribution in [3.8, 4) is 5.75 Å². The number of ether oxygens (including phenoxy) is 1. The fourth-order valence-corrected chi connectivity index (χ4v) is 2.95. The first kappa shape index (κ1) is 15.5. The van der Waals surface area contributed by atoms with Gasteiger partial charge in [0.1, 0.15) is 5.75 Å². The van der Waals surface area contributed by atoms with E-state index >= 15 is 0 Å². The molecule has 1 atom stereocenters. The number of aliphatic carboxylic acids is 1. The molecular formula is C12H15Br2NO3. The monoisotopic (exact) mass is 379 g/mol. The largest absolute Gasteiger partial charge is 0.479 e. The van der Waals surface area contributed by atoms with Crippen LogP contribution in [0.25, 0.3) is 0 Å². The molecule has 1 aromatic rings. The Morgan fingerprint density at radius 3 is 2.39 bits per heavy atom. The number of carbonyl (C=O) groups is 1. The molecule has 0 heterocycles. The minimum absolute atomic E-state index is 0.412. The van der Waals surface area contributed by atoms with E-state index in [1.807, 2.05) is 19.1 Å². The van der Waals surface area contributed by atoms with Crippen molar-refractivity contribution in [2.45, 2.75) is 32.4 Å². The smallest absolute Gasteiger partial charge is 0.344 e. The molecule has 4 nitrogen and oxygen atoms in total. The molecule has 0 aromatic heterocycles. The lowest BCUT2D eigenvalue weighted by Crippen LogP contribution is -2.27. The number of carboxylic acids is 1. The van der Waals surface area contributed by atoms with Crippen LogP contribution in [0.4, 0.5) is 0 Å². The Balaban J connectivity index is 2.99. The van der Waals surface area contributed by atoms with Gasteiger partial charge in [0.25, 0.3) is 0 Å². The van der Waals surface area contributed by atoms with Gasteiger partial charge in [0.05, 0.1) is 8.95 Å². The van der Waals surface area contributed by atoms with Crippen LogP contribution < -0.4 is 10.5 Å². The number of nitrogens with two attached hydrogens (primary N) is 1. The van der Waals surface area contributed by atoms with E-state index in [9.17, 15) is 4.79 Å². The average molecular weight is 381 g/mol. The highest BCUT2D eigenvalue weighted by Gasteiger charge is 2.21. The molecule has 0 radical (unpaired) electrons. The summed E-state index contributed by atoms with van der Waals surface area (Å²) in [6, 6.07) is 3.65. The Hall–Kier alpha value is -0.590. The van der Waals surface area contributed by atoms with Crippen LogP contribution in [-0.2, 0) is 11.3 Å². The van der Waals surface area contributed by atoms with Gasteiger partial charge in [-0.2, -0.15) is 0 Å². The fourth-order valence-electron chi connectivity index (χ4n) is 1.48. The van der Waals surface area contributed by atoms with Crippen molar-refractivity contribution in [1.29, 1.82) is 0 Å². The summed E-state index contributed by atoms with van der Waals surface area (Å²) >= 11 is 6.73. The van der Waals surface area contributed by atoms with Crippen molar-refractivity contribution in [2.24, 2.45) is 5.73 Å². The Labute approximate surface area is 123 Å². The molecule has 6 heteroatoms. The van der Waals surface area contributed by atoms with Crippen molar-refractivity contribution in [1.82, 2.24) is 0 Å². The molecule has 1 unspecified atom stereocenters. The molecule has 0 bridgehead atoms. The van der Waals surface area contributed by atoms with Crippen molar-refractivity contribution >= 4 is 37.8 Å². The Bertz CT molecular complexity index is 414. The van der Waals surface area contributed by atoms with Crippen LogP contribution in [0.15, 0.2) is 21.1 Å². The van der Waals surface area contributed by atoms with Crippen LogP contribution in [0, 0.1) is 0 Å². The second-order valence-electron chi connectivity index (χ2n) is 3.83. The van der Waals surface area contributed by atoms with Gasteiger partial charge in [0.15, 0.2) is 6.10 Å². The van der Waals surface area contributed by atoms with E-state index in [2.05, 4.69) is 31.9 Å². The van der Waals surface area contributed by atoms with Crippen molar-refractivity contribution in [2.75, 3.05) is 0 Å². The van der Waals surface area contributed by atoms with Crippen molar-refractivity contribution in [3.05, 3.63) is 26.6 Å². The van der Waals surface area contributed by atoms with Gasteiger partial charge in [-0.1, -0.05) is 13.3 Å². The molecule has 0 amide bonds. The van der Waals surface area contributed by atoms with Gasteiger partial charge >= 0.3 is 5.97 Å². The molecule has 0 aliphatic heterocycles. The molecule has 0 saturated heterocycles. The fraction of sp³-hybridized carbons (Fsp3) is 0.417. The standard InChI is InChI=1S/C12H15Br2NO3/c1-2-3-10(12(16)17)18-11-8(13)4-7(6-15)5-9(11)14/h4-5,10H,2-3,6,15H2,1H3,(H,16,17). The van der Waals surface area contributed by atoms with Gasteiger partial charge in [-0.15, -0.1) is 0 Å². The van der Waals surface area contributed by atoms with Crippen molar-refractivity contribution in [3.63, 3.8) is 0 Å². The molecule has 100 valence electrons. The molecule has 0 saturated carbocycles. The van der Waals surface area contributed by atoms with E-state index in [4.69, 9.17) is 15.6 Å². The van der Waals surface area contributed by atoms with Crippen LogP contribution in [-0.4, -0.2) is 17.2 Å². The highest BCUT2D eigenvalue weighted by molar-refractivity contribution is 9.11. The summed E-state index contributed by atoms with van der Waals surface area (Å²) < 4.78 is 6.93. The lowest BCUT2D eigenvalue weighted by atomic mass is 10.2. The first-order valence-electron chi connectivity index (χ1n) is 5.57. The van der Waals surface area contributed by atoms with Crippen molar-refractivity contribution < 1.29 is 14.6 Å². The van der Waals surface area contributed by atoms with E-state index in [1.165, 1.54) is 0 Å². The van der Waals surface area contributed by atoms with Crippen LogP contribution >= 0.6 is 31.9 Å². The predicted molar refractivity (Wildman–Crippen MR) is 76.7 cm³/mol. The van der Waals surface area contributed by atoms with Gasteiger partial charge in [-0.05, 0) is 56.0 Å². The summed E-state index contributed by atoms with van der Waals surface area (Å²) in [6.07, 6.45) is 0.367. The summed E-state index contributed by atoms with van der Waals surface area (Å²) in [5, 5.41) is 9.07. The first-order chi connectivity index (χ1) is 8.49. The molecule has 3 N–H and O–H groups in total. The third kappa shape index (κ3) is 3.96. The molecule has 0 spiro atoms. The highest BCUT2D eigenvalue weighted by atomic mass is 79.9. The molecule has 18 heavy (non-hydrogen) atoms. The predicted octanol–water partition coefficient (Wildman–Crippen LogP) is 3.30. The average Bonchev–Trinajstić information content (AvgIpc) is 2.31. The molecule has 0 aliphatic carbocycles. The maximum Gasteiger partial charge on any atom is 0.344 e. The summed E-state index contributed by atoms with van der Waals surface area (Å²) in [4.78, 5) is 11.1. The number of hydrogen-bond acceptors (Lipinski definition) is 3. The zero-order valence-corrected chi connectivity index (χ0v) is 13.1. The molecule has 1 rings (SSSR count). The van der Waals surface area contributed by atoms with E-state index in [1.54, 1.807) is 0 Å². The highest BCUT2D eigenvalue weighted by Crippen LogP contribution is 2.35. The Morgan fingerprint density at radius 2 is 2.00 bits per heavy atom. The molecule has 0 fully saturated rings. The van der Waals surface area contributed by atoms with Gasteiger partial charge in [0.2, 0.25) is 0 Å². The molecule has 0 aliphatic rings. The van der Waals surface area contributed by atoms with Crippen LogP contribution in [0.2, 0.25) is 0 Å². The summed E-state index contributed by atoms with van der Waals surface area (Å²) in [7, 11) is 0. The SMILES string of the molecule is CCCC(Oc1c(Br)cc(CN)cc1Br)C(=O)O. The quantitative estimate of drug-likeness (QED) is 0.794. The third-order valence-electron chi connectivity index (χ3n) is 2.38. The zero-order chi connectivity index (χ0) is 13.7. The summed E-state index contributed by atoms with van der Waals surface area (Å²) in [6.45, 7) is 2.33. The second-order valence-corrected chi connectivity index (χ2v) is 5.53. The maximum absolute atomic E-state index is 11.1. The number of rotatable bonds is 6. The van der Waals surface area contributed by atoms with Crippen LogP contribution in [0.3, 0.4) is 0 Å². The lowest BCUT2D eigenvalue weighted by molar-refractivity contribution is -0.145. The first-order valence-corrected chi connectivity index (χ1v) is 7.15. The van der Waals surface area contributed by atoms with Crippen LogP contribution in [0.5, 0.6) is 5.75 Å². The van der Waals surface area contributed by atoms with E-state index in [0.717, 1.165) is 12.0 Å². The summed E-state index contributed by atoms with van der Waals surface area (Å²) in [5.74, 6) is -0.466. The zero-order valence-electron chi connectivity index (χ0n) is 9.95. The number of halogens is 2. The van der Waals surface area contributed by atoms with Gasteiger partial charge in [0, 0.05) is 6.54 Å². The third-order valence-corrected chi connectivity index (χ3v) is 3.56. The van der Waals surface area contributed by atoms with Crippen LogP contribution in [0.1, 0.15) is 25.3 Å². The number of benzene rings is 1. The van der Waals surface area contributed by atoms with Gasteiger partial charge in [-0.25, -0.2) is 4.79 Å². The minimum Gasteiger partial charge on any atom is -0.479 e. The van der Waals surface area contributed by atoms with E-state index < -0.39 is 12.1 Å². The topological polar surface area (TPSA) is 72.5 Å². The number of carboxylic acid groups (broad SMARTS) is 1. The normalized spacial score (nSPS) is 12.2. The van der Waals surface area contributed by atoms with Gasteiger partial charge in [-0.3, -0.25) is 0 Å². The van der Waals surface area contributed by atoms with Gasteiger partial charge < -0.3 is 15.6 Å². The summed E-state index contributed by atoms with van der Waals surface area (Å²) in [5.41, 5.74) is 6.49. The Kier molecular flexibility index (Phi) is 6.11. The Morgan fingerprint density at radius 1 is 1.44 bits per heavy atom.